The first-order chi connectivity index (χ1) is 39.8. The number of carbonyl (C=O) groups excluding carboxylic acids is 2. The van der Waals surface area contributed by atoms with Crippen molar-refractivity contribution in [1.29, 1.82) is 0 Å². The van der Waals surface area contributed by atoms with E-state index in [-0.39, 0.29) is 18.0 Å². The molecule has 2 aliphatic rings. The van der Waals surface area contributed by atoms with Crippen LogP contribution in [0.5, 0.6) is 0 Å². The number of aryl methyl sites for hydroxylation is 2. The normalized spacial score (nSPS) is 14.6. The fraction of sp³-hybridized carbons (Fsp3) is 0.689. The summed E-state index contributed by atoms with van der Waals surface area (Å²) >= 11 is 0. The van der Waals surface area contributed by atoms with Crippen LogP contribution in [0.3, 0.4) is 0 Å². The molecule has 21 nitrogen and oxygen atoms in total. The van der Waals surface area contributed by atoms with Gasteiger partial charge in [0.05, 0.1) is 132 Å². The molecule has 2 aliphatic heterocycles. The van der Waals surface area contributed by atoms with Crippen molar-refractivity contribution in [3.8, 4) is 11.1 Å². The number of ether oxygens (including phenoxy) is 12. The summed E-state index contributed by atoms with van der Waals surface area (Å²) in [4.78, 5) is 48.6. The Labute approximate surface area is 487 Å². The Hall–Kier alpha value is -4.59. The fourth-order valence-corrected chi connectivity index (χ4v) is 9.43. The SMILES string of the molecule is CCN(c1cc(-c2ccc(CN3CCN(CCOCCOCCOCCOCCOCCOCCOCCOCCOCCOCCNC(=O)OC(C)(C)C)CC3)cc2)cc(C(=O)NCc2c(C)cc(C)[nH]c2=O)c1C)C1CCOCC1. The number of hydrogen-bond acceptors (Lipinski definition) is 18. The van der Waals surface area contributed by atoms with E-state index in [0.717, 1.165) is 106 Å². The van der Waals surface area contributed by atoms with Crippen LogP contribution in [0.1, 0.15) is 78.8 Å². The van der Waals surface area contributed by atoms with Crippen LogP contribution in [0, 0.1) is 20.8 Å². The quantitative estimate of drug-likeness (QED) is 0.0580. The van der Waals surface area contributed by atoms with E-state index in [2.05, 4.69) is 67.6 Å². The Morgan fingerprint density at radius 3 is 1.57 bits per heavy atom. The van der Waals surface area contributed by atoms with E-state index in [1.165, 1.54) is 5.56 Å². The maximum atomic E-state index is 14.0. The second-order valence-corrected chi connectivity index (χ2v) is 21.3. The molecule has 0 atom stereocenters. The average molecular weight is 1160 g/mol. The highest BCUT2D eigenvalue weighted by Crippen LogP contribution is 2.34. The van der Waals surface area contributed by atoms with Gasteiger partial charge >= 0.3 is 6.09 Å². The zero-order chi connectivity index (χ0) is 58.6. The van der Waals surface area contributed by atoms with Gasteiger partial charge in [-0.25, -0.2) is 4.79 Å². The maximum absolute atomic E-state index is 14.0. The van der Waals surface area contributed by atoms with E-state index in [0.29, 0.717) is 156 Å². The number of alkyl carbamates (subject to hydrolysis) is 1. The summed E-state index contributed by atoms with van der Waals surface area (Å²) in [5, 5.41) is 5.71. The monoisotopic (exact) mass is 1150 g/mol. The van der Waals surface area contributed by atoms with Crippen molar-refractivity contribution in [3.05, 3.63) is 86.3 Å². The van der Waals surface area contributed by atoms with Crippen molar-refractivity contribution in [3.63, 3.8) is 0 Å². The summed E-state index contributed by atoms with van der Waals surface area (Å²) < 4.78 is 66.6. The summed E-state index contributed by atoms with van der Waals surface area (Å²) in [5.41, 5.74) is 7.43. The number of piperazine rings is 1. The van der Waals surface area contributed by atoms with Gasteiger partial charge in [-0.05, 0) is 107 Å². The van der Waals surface area contributed by atoms with E-state index in [4.69, 9.17) is 56.8 Å². The van der Waals surface area contributed by atoms with Crippen molar-refractivity contribution in [2.75, 3.05) is 196 Å². The van der Waals surface area contributed by atoms with E-state index in [1.807, 2.05) is 53.7 Å². The lowest BCUT2D eigenvalue weighted by atomic mass is 9.94. The Bertz CT molecular complexity index is 2290. The highest BCUT2D eigenvalue weighted by atomic mass is 16.6. The Kier molecular flexibility index (Phi) is 33.1. The predicted molar refractivity (Wildman–Crippen MR) is 315 cm³/mol. The summed E-state index contributed by atoms with van der Waals surface area (Å²) in [6.07, 6.45) is 1.42. The van der Waals surface area contributed by atoms with Gasteiger partial charge < -0.3 is 77.4 Å². The van der Waals surface area contributed by atoms with Gasteiger partial charge in [-0.3, -0.25) is 19.4 Å². The number of nitrogens with zero attached hydrogens (tertiary/aromatic N) is 3. The molecule has 1 aromatic heterocycles. The van der Waals surface area contributed by atoms with Crippen LogP contribution in [0.25, 0.3) is 11.1 Å². The standard InChI is InChI=1S/C61H98N6O15/c1-8-67(54-13-21-71-22-14-54)57-45-53(44-55(50(57)4)58(68)63-46-56-48(2)43-49(3)64-59(56)69)52-11-9-51(10-12-52)47-66-18-16-65(17-19-66)20-24-73-26-28-75-30-32-77-34-36-79-38-40-81-42-41-80-39-37-78-35-33-76-31-29-74-27-25-72-23-15-62-60(70)82-61(5,6)7/h9-12,43-45,54H,8,13-42,46-47H2,1-7H3,(H,62,70)(H,63,68)(H,64,69). The molecule has 0 aliphatic carbocycles. The molecule has 0 radical (unpaired) electrons. The molecule has 2 aromatic carbocycles. The molecule has 0 bridgehead atoms. The molecule has 21 heteroatoms. The van der Waals surface area contributed by atoms with Gasteiger partial charge in [-0.1, -0.05) is 24.3 Å². The number of amides is 2. The maximum Gasteiger partial charge on any atom is 0.407 e. The van der Waals surface area contributed by atoms with Crippen LogP contribution < -0.4 is 21.1 Å². The minimum Gasteiger partial charge on any atom is -0.444 e. The zero-order valence-corrected chi connectivity index (χ0v) is 50.4. The highest BCUT2D eigenvalue weighted by Gasteiger charge is 2.26. The summed E-state index contributed by atoms with van der Waals surface area (Å²) in [5.74, 6) is -0.196. The van der Waals surface area contributed by atoms with Crippen LogP contribution in [0.4, 0.5) is 10.5 Å². The molecular formula is C61H98N6O15. The lowest BCUT2D eigenvalue weighted by molar-refractivity contribution is -0.0267. The second-order valence-electron chi connectivity index (χ2n) is 21.3. The predicted octanol–water partition coefficient (Wildman–Crippen LogP) is 5.71. The molecule has 0 spiro atoms. The van der Waals surface area contributed by atoms with Crippen molar-refractivity contribution in [1.82, 2.24) is 25.4 Å². The molecule has 0 unspecified atom stereocenters. The fourth-order valence-electron chi connectivity index (χ4n) is 9.43. The number of hydrogen-bond donors (Lipinski definition) is 3. The largest absolute Gasteiger partial charge is 0.444 e. The zero-order valence-electron chi connectivity index (χ0n) is 50.4. The number of carbonyl (C=O) groups is 2. The number of H-pyrrole nitrogens is 1. The number of benzene rings is 2. The van der Waals surface area contributed by atoms with Gasteiger partial charge in [0.1, 0.15) is 5.60 Å². The molecule has 3 N–H and O–H groups in total. The van der Waals surface area contributed by atoms with Gasteiger partial charge in [0.25, 0.3) is 11.5 Å². The van der Waals surface area contributed by atoms with Gasteiger partial charge in [-0.2, -0.15) is 0 Å². The van der Waals surface area contributed by atoms with Crippen molar-refractivity contribution in [2.45, 2.75) is 86.0 Å². The Morgan fingerprint density at radius 1 is 0.622 bits per heavy atom. The van der Waals surface area contributed by atoms with Crippen molar-refractivity contribution < 1.29 is 66.4 Å². The Balaban J connectivity index is 0.814. The highest BCUT2D eigenvalue weighted by molar-refractivity contribution is 5.99. The van der Waals surface area contributed by atoms with Gasteiger partial charge in [0.15, 0.2) is 0 Å². The topological polar surface area (TPSA) is 212 Å². The average Bonchev–Trinajstić information content (AvgIpc) is 3.47. The molecular weight excluding hydrogens is 1060 g/mol. The first-order valence-corrected chi connectivity index (χ1v) is 29.6. The molecule has 2 amide bonds. The van der Waals surface area contributed by atoms with E-state index in [1.54, 1.807) is 0 Å². The van der Waals surface area contributed by atoms with Crippen LogP contribution in [-0.4, -0.2) is 230 Å². The van der Waals surface area contributed by atoms with Crippen molar-refractivity contribution in [2.24, 2.45) is 0 Å². The number of rotatable bonds is 42. The molecule has 0 saturated carbocycles. The first-order valence-electron chi connectivity index (χ1n) is 29.6. The number of aromatic amines is 1. The molecule has 2 saturated heterocycles. The molecule has 3 heterocycles. The molecule has 2 fully saturated rings. The van der Waals surface area contributed by atoms with E-state index >= 15 is 0 Å². The smallest absolute Gasteiger partial charge is 0.407 e. The number of aromatic nitrogens is 1. The van der Waals surface area contributed by atoms with Crippen LogP contribution in [-0.2, 0) is 69.9 Å². The minimum atomic E-state index is -0.521. The number of pyridine rings is 1. The summed E-state index contributed by atoms with van der Waals surface area (Å²) in [7, 11) is 0. The lowest BCUT2D eigenvalue weighted by Crippen LogP contribution is -2.46. The number of anilines is 1. The van der Waals surface area contributed by atoms with Crippen LogP contribution in [0.15, 0.2) is 47.3 Å². The van der Waals surface area contributed by atoms with Gasteiger partial charge in [0, 0.05) is 101 Å². The van der Waals surface area contributed by atoms with Gasteiger partial charge in [-0.15, -0.1) is 0 Å². The molecule has 5 rings (SSSR count). The third kappa shape index (κ3) is 27.4. The lowest BCUT2D eigenvalue weighted by Gasteiger charge is -2.37. The number of nitrogens with one attached hydrogen (secondary N) is 3. The van der Waals surface area contributed by atoms with Gasteiger partial charge in [0.2, 0.25) is 0 Å². The second kappa shape index (κ2) is 39.9. The molecule has 462 valence electrons. The Morgan fingerprint density at radius 2 is 1.10 bits per heavy atom. The first kappa shape index (κ1) is 68.2. The van der Waals surface area contributed by atoms with E-state index in [9.17, 15) is 14.4 Å². The summed E-state index contributed by atoms with van der Waals surface area (Å²) in [6, 6.07) is 15.3. The third-order valence-corrected chi connectivity index (χ3v) is 13.8. The van der Waals surface area contributed by atoms with Crippen LogP contribution >= 0.6 is 0 Å². The summed E-state index contributed by atoms with van der Waals surface area (Å²) in [6.45, 7) is 31.7. The van der Waals surface area contributed by atoms with Crippen molar-refractivity contribution >= 4 is 17.7 Å². The van der Waals surface area contributed by atoms with Crippen LogP contribution in [0.2, 0.25) is 0 Å². The molecule has 3 aromatic rings. The van der Waals surface area contributed by atoms with E-state index < -0.39 is 11.7 Å². The third-order valence-electron chi connectivity index (χ3n) is 13.8. The minimum absolute atomic E-state index is 0.150. The molecule has 82 heavy (non-hydrogen) atoms.